The average molecular weight is 431 g/mol. The molecule has 160 valence electrons. The van der Waals surface area contributed by atoms with Gasteiger partial charge in [0.15, 0.2) is 17.0 Å². The van der Waals surface area contributed by atoms with Gasteiger partial charge in [0.05, 0.1) is 17.5 Å². The molecule has 0 bridgehead atoms. The zero-order valence-corrected chi connectivity index (χ0v) is 17.7. The van der Waals surface area contributed by atoms with Gasteiger partial charge in [-0.2, -0.15) is 9.97 Å². The number of phenols is 1. The van der Waals surface area contributed by atoms with Crippen molar-refractivity contribution in [1.29, 1.82) is 0 Å². The van der Waals surface area contributed by atoms with Gasteiger partial charge < -0.3 is 25.4 Å². The monoisotopic (exact) mass is 430 g/mol. The van der Waals surface area contributed by atoms with Crippen molar-refractivity contribution in [2.24, 2.45) is 0 Å². The minimum Gasteiger partial charge on any atom is -0.506 e. The summed E-state index contributed by atoms with van der Waals surface area (Å²) in [6.45, 7) is 2.39. The second-order valence-corrected chi connectivity index (χ2v) is 8.25. The Morgan fingerprint density at radius 1 is 1.20 bits per heavy atom. The van der Waals surface area contributed by atoms with Crippen LogP contribution < -0.4 is 10.6 Å². The number of aromatic hydroxyl groups is 1. The number of nitrogens with one attached hydrogen (secondary N) is 2. The number of hydrogen-bond donors (Lipinski definition) is 4. The largest absolute Gasteiger partial charge is 0.506 e. The van der Waals surface area contributed by atoms with Crippen LogP contribution in [0.15, 0.2) is 24.5 Å². The zero-order chi connectivity index (χ0) is 21.1. The molecule has 30 heavy (non-hydrogen) atoms. The van der Waals surface area contributed by atoms with E-state index in [0.29, 0.717) is 47.0 Å². The Kier molecular flexibility index (Phi) is 6.24. The lowest BCUT2D eigenvalue weighted by Crippen LogP contribution is -2.18. The van der Waals surface area contributed by atoms with E-state index in [1.165, 1.54) is 19.3 Å². The number of para-hydroxylation sites is 1. The molecule has 0 spiro atoms. The number of fused-ring (bicyclic) bond motifs is 1. The van der Waals surface area contributed by atoms with E-state index < -0.39 is 6.10 Å². The summed E-state index contributed by atoms with van der Waals surface area (Å²) < 4.78 is 2.14. The molecular weight excluding hydrogens is 404 g/mol. The Hall–Kier alpha value is -2.58. The molecule has 1 fully saturated rings. The van der Waals surface area contributed by atoms with Crippen molar-refractivity contribution in [3.8, 4) is 5.75 Å². The highest BCUT2D eigenvalue weighted by molar-refractivity contribution is 6.32. The summed E-state index contributed by atoms with van der Waals surface area (Å²) in [5.41, 5.74) is 2.12. The number of aliphatic hydroxyl groups is 1. The third-order valence-electron chi connectivity index (χ3n) is 5.46. The second-order valence-electron chi connectivity index (χ2n) is 7.84. The Labute approximate surface area is 180 Å². The van der Waals surface area contributed by atoms with Crippen molar-refractivity contribution in [2.45, 2.75) is 57.7 Å². The number of phenolic OH excluding ortho intramolecular Hbond substituents is 1. The standard InChI is InChI=1S/C21H27ClN6O2/c1-13(29)10-24-21-26-19(23-11-14-6-5-9-16(22)18(14)30)17-20(27-21)28(12-25-17)15-7-3-2-4-8-15/h5-6,9,12-13,15,29-30H,2-4,7-8,10-11H2,1H3,(H2,23,24,26,27). The SMILES string of the molecule is CC(O)CNc1nc(NCc2cccc(Cl)c2O)c2ncn(C3CCCCC3)c2n1. The number of anilines is 2. The van der Waals surface area contributed by atoms with Crippen molar-refractivity contribution in [2.75, 3.05) is 17.2 Å². The van der Waals surface area contributed by atoms with Gasteiger partial charge in [-0.1, -0.05) is 43.0 Å². The molecule has 2 heterocycles. The van der Waals surface area contributed by atoms with Crippen LogP contribution >= 0.6 is 11.6 Å². The van der Waals surface area contributed by atoms with Crippen molar-refractivity contribution in [1.82, 2.24) is 19.5 Å². The second kappa shape index (κ2) is 9.06. The maximum Gasteiger partial charge on any atom is 0.226 e. The summed E-state index contributed by atoms with van der Waals surface area (Å²) in [7, 11) is 0. The van der Waals surface area contributed by atoms with E-state index in [4.69, 9.17) is 11.6 Å². The number of halogens is 1. The van der Waals surface area contributed by atoms with Crippen LogP contribution in [-0.2, 0) is 6.54 Å². The maximum absolute atomic E-state index is 10.2. The van der Waals surface area contributed by atoms with Crippen LogP contribution in [-0.4, -0.2) is 42.4 Å². The van der Waals surface area contributed by atoms with Crippen molar-refractivity contribution >= 4 is 34.5 Å². The number of benzene rings is 1. The molecule has 1 aliphatic rings. The van der Waals surface area contributed by atoms with E-state index in [1.54, 1.807) is 25.1 Å². The molecule has 0 saturated heterocycles. The highest BCUT2D eigenvalue weighted by atomic mass is 35.5. The van der Waals surface area contributed by atoms with Gasteiger partial charge in [0.2, 0.25) is 5.95 Å². The fraction of sp³-hybridized carbons (Fsp3) is 0.476. The molecule has 1 saturated carbocycles. The summed E-state index contributed by atoms with van der Waals surface area (Å²) >= 11 is 6.02. The Morgan fingerprint density at radius 2 is 2.00 bits per heavy atom. The van der Waals surface area contributed by atoms with Crippen LogP contribution in [0.4, 0.5) is 11.8 Å². The summed E-state index contributed by atoms with van der Waals surface area (Å²) in [5, 5.41) is 26.5. The van der Waals surface area contributed by atoms with Crippen molar-refractivity contribution in [3.05, 3.63) is 35.1 Å². The minimum absolute atomic E-state index is 0.0529. The van der Waals surface area contributed by atoms with E-state index in [1.807, 2.05) is 6.33 Å². The van der Waals surface area contributed by atoms with Gasteiger partial charge in [-0.05, 0) is 25.8 Å². The first-order chi connectivity index (χ1) is 14.5. The fourth-order valence-corrected chi connectivity index (χ4v) is 4.06. The number of aromatic nitrogens is 4. The Morgan fingerprint density at radius 3 is 2.77 bits per heavy atom. The molecule has 2 aromatic heterocycles. The highest BCUT2D eigenvalue weighted by Gasteiger charge is 2.21. The summed E-state index contributed by atoms with van der Waals surface area (Å²) in [6, 6.07) is 5.63. The number of nitrogens with zero attached hydrogens (tertiary/aromatic N) is 4. The number of hydrogen-bond acceptors (Lipinski definition) is 7. The number of aliphatic hydroxyl groups excluding tert-OH is 1. The summed E-state index contributed by atoms with van der Waals surface area (Å²) in [6.07, 6.45) is 7.25. The van der Waals surface area contributed by atoms with E-state index in [-0.39, 0.29) is 5.75 Å². The highest BCUT2D eigenvalue weighted by Crippen LogP contribution is 2.32. The van der Waals surface area contributed by atoms with Gasteiger partial charge in [-0.15, -0.1) is 0 Å². The third-order valence-corrected chi connectivity index (χ3v) is 5.77. The van der Waals surface area contributed by atoms with Crippen LogP contribution in [0.2, 0.25) is 5.02 Å². The number of rotatable bonds is 7. The topological polar surface area (TPSA) is 108 Å². The fourth-order valence-electron chi connectivity index (χ4n) is 3.87. The Balaban J connectivity index is 1.67. The number of imidazole rings is 1. The summed E-state index contributed by atoms with van der Waals surface area (Å²) in [5.74, 6) is 1.05. The minimum atomic E-state index is -0.521. The Bertz CT molecular complexity index is 1020. The average Bonchev–Trinajstić information content (AvgIpc) is 3.18. The van der Waals surface area contributed by atoms with E-state index in [2.05, 4.69) is 30.2 Å². The molecule has 3 aromatic rings. The molecule has 0 amide bonds. The molecule has 8 nitrogen and oxygen atoms in total. The molecule has 9 heteroatoms. The lowest BCUT2D eigenvalue weighted by molar-refractivity contribution is 0.208. The van der Waals surface area contributed by atoms with Crippen LogP contribution in [0.1, 0.15) is 50.6 Å². The van der Waals surface area contributed by atoms with Gasteiger partial charge in [-0.3, -0.25) is 0 Å². The lowest BCUT2D eigenvalue weighted by Gasteiger charge is -2.23. The first-order valence-corrected chi connectivity index (χ1v) is 10.8. The molecule has 1 unspecified atom stereocenters. The van der Waals surface area contributed by atoms with Gasteiger partial charge >= 0.3 is 0 Å². The van der Waals surface area contributed by atoms with Crippen LogP contribution in [0.3, 0.4) is 0 Å². The van der Waals surface area contributed by atoms with Gasteiger partial charge in [-0.25, -0.2) is 4.98 Å². The third kappa shape index (κ3) is 4.44. The zero-order valence-electron chi connectivity index (χ0n) is 17.0. The molecule has 4 rings (SSSR count). The molecule has 0 aliphatic heterocycles. The predicted octanol–water partition coefficient (Wildman–Crippen LogP) is 4.10. The first-order valence-electron chi connectivity index (χ1n) is 10.4. The first kappa shape index (κ1) is 20.7. The quantitative estimate of drug-likeness (QED) is 0.447. The van der Waals surface area contributed by atoms with Gasteiger partial charge in [0.1, 0.15) is 5.75 Å². The van der Waals surface area contributed by atoms with Crippen molar-refractivity contribution < 1.29 is 10.2 Å². The lowest BCUT2D eigenvalue weighted by atomic mass is 9.95. The van der Waals surface area contributed by atoms with E-state index >= 15 is 0 Å². The molecule has 1 aromatic carbocycles. The maximum atomic E-state index is 10.2. The smallest absolute Gasteiger partial charge is 0.226 e. The molecule has 1 aliphatic carbocycles. The molecular formula is C21H27ClN6O2. The molecule has 0 radical (unpaired) electrons. The molecule has 1 atom stereocenters. The van der Waals surface area contributed by atoms with Crippen molar-refractivity contribution in [3.63, 3.8) is 0 Å². The molecule has 4 N–H and O–H groups in total. The van der Waals surface area contributed by atoms with Gasteiger partial charge in [0.25, 0.3) is 0 Å². The van der Waals surface area contributed by atoms with Gasteiger partial charge in [0, 0.05) is 24.7 Å². The summed E-state index contributed by atoms with van der Waals surface area (Å²) in [4.78, 5) is 13.8. The predicted molar refractivity (Wildman–Crippen MR) is 118 cm³/mol. The van der Waals surface area contributed by atoms with Crippen LogP contribution in [0, 0.1) is 0 Å². The van der Waals surface area contributed by atoms with E-state index in [0.717, 1.165) is 18.5 Å². The van der Waals surface area contributed by atoms with Crippen LogP contribution in [0.25, 0.3) is 11.2 Å². The van der Waals surface area contributed by atoms with Crippen LogP contribution in [0.5, 0.6) is 5.75 Å². The normalized spacial score (nSPS) is 16.0. The van der Waals surface area contributed by atoms with E-state index in [9.17, 15) is 10.2 Å².